The fraction of sp³-hybridized carbons (Fsp3) is 0.294. The van der Waals surface area contributed by atoms with Gasteiger partial charge in [-0.15, -0.1) is 0 Å². The molecule has 3 heteroatoms. The van der Waals surface area contributed by atoms with E-state index >= 15 is 0 Å². The fourth-order valence-electron chi connectivity index (χ4n) is 2.35. The molecule has 1 N–H and O–H groups in total. The highest BCUT2D eigenvalue weighted by Gasteiger charge is 2.12. The summed E-state index contributed by atoms with van der Waals surface area (Å²) in [5, 5.41) is 9.68. The van der Waals surface area contributed by atoms with Crippen LogP contribution in [0.2, 0.25) is 5.02 Å². The largest absolute Gasteiger partial charge is 0.396 e. The molecule has 2 rings (SSSR count). The maximum Gasteiger partial charge on any atom is 0.142 e. The van der Waals surface area contributed by atoms with Gasteiger partial charge in [0.05, 0.1) is 5.02 Å². The molecule has 0 amide bonds. The first-order valence-corrected chi connectivity index (χ1v) is 7.07. The summed E-state index contributed by atoms with van der Waals surface area (Å²) in [4.78, 5) is 0. The molecule has 2 aromatic rings. The van der Waals surface area contributed by atoms with E-state index in [1.165, 1.54) is 17.2 Å². The number of rotatable bonds is 5. The highest BCUT2D eigenvalue weighted by molar-refractivity contribution is 6.30. The van der Waals surface area contributed by atoms with Crippen LogP contribution in [0.25, 0.3) is 0 Å². The van der Waals surface area contributed by atoms with Crippen molar-refractivity contribution < 1.29 is 9.50 Å². The molecule has 0 aliphatic carbocycles. The third-order valence-corrected chi connectivity index (χ3v) is 3.84. The second-order valence-corrected chi connectivity index (χ2v) is 5.54. The van der Waals surface area contributed by atoms with E-state index in [1.54, 1.807) is 6.07 Å². The van der Waals surface area contributed by atoms with E-state index in [4.69, 9.17) is 11.6 Å². The smallest absolute Gasteiger partial charge is 0.142 e. The predicted molar refractivity (Wildman–Crippen MR) is 80.6 cm³/mol. The van der Waals surface area contributed by atoms with Gasteiger partial charge in [0.2, 0.25) is 0 Å². The number of aryl methyl sites for hydroxylation is 1. The lowest BCUT2D eigenvalue weighted by molar-refractivity contribution is 0.224. The number of aliphatic hydroxyl groups excluding tert-OH is 1. The van der Waals surface area contributed by atoms with Crippen LogP contribution in [-0.2, 0) is 12.8 Å². The summed E-state index contributed by atoms with van der Waals surface area (Å²) in [5.41, 5.74) is 3.30. The van der Waals surface area contributed by atoms with Crippen molar-refractivity contribution >= 4 is 11.6 Å². The maximum absolute atomic E-state index is 13.4. The lowest BCUT2D eigenvalue weighted by atomic mass is 9.91. The van der Waals surface area contributed by atoms with E-state index in [1.807, 2.05) is 18.2 Å². The average molecular weight is 293 g/mol. The second-order valence-electron chi connectivity index (χ2n) is 5.13. The second kappa shape index (κ2) is 6.87. The first-order valence-electron chi connectivity index (χ1n) is 6.69. The Labute approximate surface area is 124 Å². The van der Waals surface area contributed by atoms with E-state index < -0.39 is 5.82 Å². The van der Waals surface area contributed by atoms with E-state index in [0.29, 0.717) is 6.42 Å². The summed E-state index contributed by atoms with van der Waals surface area (Å²) >= 11 is 5.68. The van der Waals surface area contributed by atoms with Crippen LogP contribution in [0.4, 0.5) is 4.39 Å². The zero-order chi connectivity index (χ0) is 14.5. The Morgan fingerprint density at radius 1 is 1.15 bits per heavy atom. The number of hydrogen-bond acceptors (Lipinski definition) is 1. The molecule has 1 atom stereocenters. The van der Waals surface area contributed by atoms with Crippen molar-refractivity contribution in [2.24, 2.45) is 5.92 Å². The van der Waals surface area contributed by atoms with Gasteiger partial charge in [-0.25, -0.2) is 4.39 Å². The molecule has 106 valence electrons. The summed E-state index contributed by atoms with van der Waals surface area (Å²) in [6.45, 7) is 2.14. The molecule has 0 heterocycles. The van der Waals surface area contributed by atoms with Gasteiger partial charge in [0.15, 0.2) is 0 Å². The monoisotopic (exact) mass is 292 g/mol. The van der Waals surface area contributed by atoms with Gasteiger partial charge in [-0.05, 0) is 54.5 Å². The molecule has 0 saturated heterocycles. The Bertz CT molecular complexity index is 583. The van der Waals surface area contributed by atoms with Gasteiger partial charge < -0.3 is 5.11 Å². The SMILES string of the molecule is Cc1ccccc1CC(CO)Cc1ccc(Cl)c(F)c1. The summed E-state index contributed by atoms with van der Waals surface area (Å²) in [6, 6.07) is 13.0. The van der Waals surface area contributed by atoms with Crippen LogP contribution in [0.3, 0.4) is 0 Å². The van der Waals surface area contributed by atoms with Gasteiger partial charge in [0.25, 0.3) is 0 Å². The Morgan fingerprint density at radius 2 is 1.90 bits per heavy atom. The molecule has 0 aliphatic heterocycles. The van der Waals surface area contributed by atoms with Crippen molar-refractivity contribution in [3.8, 4) is 0 Å². The van der Waals surface area contributed by atoms with Crippen LogP contribution < -0.4 is 0 Å². The van der Waals surface area contributed by atoms with Crippen molar-refractivity contribution in [2.75, 3.05) is 6.61 Å². The molecule has 1 nitrogen and oxygen atoms in total. The minimum Gasteiger partial charge on any atom is -0.396 e. The first kappa shape index (κ1) is 15.0. The zero-order valence-electron chi connectivity index (χ0n) is 11.4. The highest BCUT2D eigenvalue weighted by atomic mass is 35.5. The standard InChI is InChI=1S/C17H18ClFO/c1-12-4-2-3-5-15(12)9-14(11-20)8-13-6-7-16(18)17(19)10-13/h2-7,10,14,20H,8-9,11H2,1H3. The Hall–Kier alpha value is -1.38. The van der Waals surface area contributed by atoms with E-state index in [0.717, 1.165) is 12.0 Å². The first-order chi connectivity index (χ1) is 9.60. The number of halogens is 2. The molecule has 1 unspecified atom stereocenters. The van der Waals surface area contributed by atoms with Crippen molar-refractivity contribution in [1.82, 2.24) is 0 Å². The number of benzene rings is 2. The molecule has 0 aliphatic rings. The molecular weight excluding hydrogens is 275 g/mol. The average Bonchev–Trinajstić information content (AvgIpc) is 2.44. The molecular formula is C17H18ClFO. The van der Waals surface area contributed by atoms with Gasteiger partial charge in [-0.2, -0.15) is 0 Å². The van der Waals surface area contributed by atoms with Gasteiger partial charge in [0.1, 0.15) is 5.82 Å². The summed E-state index contributed by atoms with van der Waals surface area (Å²) < 4.78 is 13.4. The zero-order valence-corrected chi connectivity index (χ0v) is 12.2. The van der Waals surface area contributed by atoms with Crippen molar-refractivity contribution in [2.45, 2.75) is 19.8 Å². The van der Waals surface area contributed by atoms with E-state index in [-0.39, 0.29) is 17.5 Å². The molecule has 0 saturated carbocycles. The fourth-order valence-corrected chi connectivity index (χ4v) is 2.47. The van der Waals surface area contributed by atoms with Gasteiger partial charge in [0, 0.05) is 6.61 Å². The van der Waals surface area contributed by atoms with Crippen molar-refractivity contribution in [3.05, 3.63) is 70.0 Å². The normalized spacial score (nSPS) is 12.4. The lowest BCUT2D eigenvalue weighted by Gasteiger charge is -2.16. The van der Waals surface area contributed by atoms with Gasteiger partial charge in [-0.1, -0.05) is 41.9 Å². The molecule has 0 bridgehead atoms. The third kappa shape index (κ3) is 3.81. The molecule has 0 fully saturated rings. The molecule has 0 spiro atoms. The topological polar surface area (TPSA) is 20.2 Å². The van der Waals surface area contributed by atoms with Crippen molar-refractivity contribution in [1.29, 1.82) is 0 Å². The van der Waals surface area contributed by atoms with Crippen LogP contribution >= 0.6 is 11.6 Å². The van der Waals surface area contributed by atoms with E-state index in [2.05, 4.69) is 19.1 Å². The Morgan fingerprint density at radius 3 is 2.55 bits per heavy atom. The van der Waals surface area contributed by atoms with Crippen LogP contribution in [0.15, 0.2) is 42.5 Å². The van der Waals surface area contributed by atoms with Crippen LogP contribution in [0.1, 0.15) is 16.7 Å². The number of aliphatic hydroxyl groups is 1. The highest BCUT2D eigenvalue weighted by Crippen LogP contribution is 2.20. The predicted octanol–water partition coefficient (Wildman–Crippen LogP) is 4.18. The van der Waals surface area contributed by atoms with Crippen molar-refractivity contribution in [3.63, 3.8) is 0 Å². The molecule has 20 heavy (non-hydrogen) atoms. The molecule has 2 aromatic carbocycles. The maximum atomic E-state index is 13.4. The molecule has 0 radical (unpaired) electrons. The van der Waals surface area contributed by atoms with Gasteiger partial charge >= 0.3 is 0 Å². The van der Waals surface area contributed by atoms with Gasteiger partial charge in [-0.3, -0.25) is 0 Å². The summed E-state index contributed by atoms with van der Waals surface area (Å²) in [5.74, 6) is -0.326. The quantitative estimate of drug-likeness (QED) is 0.876. The Balaban J connectivity index is 2.09. The number of hydrogen-bond donors (Lipinski definition) is 1. The minimum absolute atomic E-state index is 0.0803. The van der Waals surface area contributed by atoms with E-state index in [9.17, 15) is 9.50 Å². The Kier molecular flexibility index (Phi) is 5.16. The summed E-state index contributed by atoms with van der Waals surface area (Å²) in [6.07, 6.45) is 1.42. The van der Waals surface area contributed by atoms with Crippen LogP contribution in [-0.4, -0.2) is 11.7 Å². The lowest BCUT2D eigenvalue weighted by Crippen LogP contribution is -2.13. The third-order valence-electron chi connectivity index (χ3n) is 3.54. The van der Waals surface area contributed by atoms with Crippen LogP contribution in [0, 0.1) is 18.7 Å². The van der Waals surface area contributed by atoms with Crippen LogP contribution in [0.5, 0.6) is 0 Å². The minimum atomic E-state index is -0.406. The summed E-state index contributed by atoms with van der Waals surface area (Å²) in [7, 11) is 0. The molecule has 0 aromatic heterocycles.